The molecule has 0 saturated carbocycles. The van der Waals surface area contributed by atoms with E-state index in [0.717, 1.165) is 0 Å². The first-order chi connectivity index (χ1) is 9.56. The van der Waals surface area contributed by atoms with Crippen molar-refractivity contribution in [2.45, 2.75) is 26.6 Å². The minimum absolute atomic E-state index is 0.204. The number of fused-ring (bicyclic) bond motifs is 1. The number of nitrogens with two attached hydrogens (primary N) is 1. The highest BCUT2D eigenvalue weighted by atomic mass is 16.5. The Morgan fingerprint density at radius 1 is 1.30 bits per heavy atom. The number of hydrogen-bond acceptors (Lipinski definition) is 5. The summed E-state index contributed by atoms with van der Waals surface area (Å²) in [5.74, 6) is 0.566. The third-order valence-corrected chi connectivity index (χ3v) is 3.35. The van der Waals surface area contributed by atoms with Crippen LogP contribution < -0.4 is 17.0 Å². The van der Waals surface area contributed by atoms with Crippen molar-refractivity contribution < 1.29 is 4.74 Å². The molecule has 0 amide bonds. The fraction of sp³-hybridized carbons (Fsp3) is 0.583. The molecule has 2 aromatic rings. The molecule has 0 unspecified atom stereocenters. The summed E-state index contributed by atoms with van der Waals surface area (Å²) >= 11 is 0. The molecular formula is C12H19N5O3. The molecule has 0 bridgehead atoms. The molecule has 0 atom stereocenters. The van der Waals surface area contributed by atoms with Gasteiger partial charge in [0.1, 0.15) is 5.82 Å². The van der Waals surface area contributed by atoms with Gasteiger partial charge in [-0.15, -0.1) is 0 Å². The first-order valence-corrected chi connectivity index (χ1v) is 6.44. The van der Waals surface area contributed by atoms with E-state index in [4.69, 9.17) is 10.5 Å². The van der Waals surface area contributed by atoms with Gasteiger partial charge in [-0.25, -0.2) is 9.78 Å². The molecule has 0 fully saturated rings. The highest BCUT2D eigenvalue weighted by molar-refractivity contribution is 5.71. The smallest absolute Gasteiger partial charge is 0.332 e. The maximum atomic E-state index is 12.4. The molecule has 2 heterocycles. The molecule has 0 aliphatic carbocycles. The van der Waals surface area contributed by atoms with Crippen LogP contribution in [0.4, 0.5) is 0 Å². The molecule has 0 radical (unpaired) electrons. The third-order valence-electron chi connectivity index (χ3n) is 3.35. The van der Waals surface area contributed by atoms with Crippen molar-refractivity contribution in [3.63, 3.8) is 0 Å². The highest BCUT2D eigenvalue weighted by Gasteiger charge is 2.18. The van der Waals surface area contributed by atoms with Crippen LogP contribution in [-0.4, -0.2) is 32.4 Å². The van der Waals surface area contributed by atoms with Gasteiger partial charge < -0.3 is 15.0 Å². The SMILES string of the molecule is CCn1c(=O)c2c(nc(CN)n2C)n(CCOC)c1=O. The summed E-state index contributed by atoms with van der Waals surface area (Å²) in [6.07, 6.45) is 0. The largest absolute Gasteiger partial charge is 0.383 e. The lowest BCUT2D eigenvalue weighted by molar-refractivity contribution is 0.186. The van der Waals surface area contributed by atoms with E-state index < -0.39 is 0 Å². The Hall–Kier alpha value is -1.93. The van der Waals surface area contributed by atoms with E-state index in [9.17, 15) is 9.59 Å². The van der Waals surface area contributed by atoms with Crippen molar-refractivity contribution in [3.8, 4) is 0 Å². The van der Waals surface area contributed by atoms with Crippen LogP contribution in [0.3, 0.4) is 0 Å². The lowest BCUT2D eigenvalue weighted by Crippen LogP contribution is -2.40. The van der Waals surface area contributed by atoms with Crippen LogP contribution in [-0.2, 0) is 31.4 Å². The van der Waals surface area contributed by atoms with Crippen molar-refractivity contribution in [1.29, 1.82) is 0 Å². The lowest BCUT2D eigenvalue weighted by atomic mass is 10.4. The molecule has 8 nitrogen and oxygen atoms in total. The summed E-state index contributed by atoms with van der Waals surface area (Å²) < 4.78 is 9.31. The molecule has 0 spiro atoms. The highest BCUT2D eigenvalue weighted by Crippen LogP contribution is 2.09. The molecule has 0 aliphatic rings. The Morgan fingerprint density at radius 3 is 2.55 bits per heavy atom. The summed E-state index contributed by atoms with van der Waals surface area (Å²) in [5, 5.41) is 0. The molecule has 0 aliphatic heterocycles. The lowest BCUT2D eigenvalue weighted by Gasteiger charge is -2.09. The number of methoxy groups -OCH3 is 1. The van der Waals surface area contributed by atoms with Crippen LogP contribution >= 0.6 is 0 Å². The number of rotatable bonds is 5. The second-order valence-corrected chi connectivity index (χ2v) is 4.44. The standard InChI is InChI=1S/C12H19N5O3/c1-4-16-11(18)9-10(14-8(7-13)15(9)2)17(12(16)19)5-6-20-3/h4-7,13H2,1-3H3. The molecule has 2 N–H and O–H groups in total. The zero-order valence-corrected chi connectivity index (χ0v) is 11.9. The predicted molar refractivity (Wildman–Crippen MR) is 74.7 cm³/mol. The summed E-state index contributed by atoms with van der Waals surface area (Å²) in [7, 11) is 3.28. The van der Waals surface area contributed by atoms with Gasteiger partial charge in [-0.3, -0.25) is 13.9 Å². The van der Waals surface area contributed by atoms with E-state index in [1.165, 1.54) is 9.13 Å². The van der Waals surface area contributed by atoms with E-state index >= 15 is 0 Å². The van der Waals surface area contributed by atoms with Gasteiger partial charge >= 0.3 is 5.69 Å². The fourth-order valence-corrected chi connectivity index (χ4v) is 2.25. The van der Waals surface area contributed by atoms with Crippen LogP contribution in [0.2, 0.25) is 0 Å². The van der Waals surface area contributed by atoms with E-state index in [2.05, 4.69) is 4.98 Å². The van der Waals surface area contributed by atoms with Gasteiger partial charge in [0.2, 0.25) is 0 Å². The van der Waals surface area contributed by atoms with Crippen molar-refractivity contribution in [2.24, 2.45) is 12.8 Å². The topological polar surface area (TPSA) is 97.1 Å². The van der Waals surface area contributed by atoms with Crippen LogP contribution in [0.15, 0.2) is 9.59 Å². The van der Waals surface area contributed by atoms with Gasteiger partial charge in [0, 0.05) is 20.7 Å². The second-order valence-electron chi connectivity index (χ2n) is 4.44. The zero-order chi connectivity index (χ0) is 14.9. The number of nitrogens with zero attached hydrogens (tertiary/aromatic N) is 4. The Balaban J connectivity index is 2.88. The molecule has 20 heavy (non-hydrogen) atoms. The molecule has 8 heteroatoms. The quantitative estimate of drug-likeness (QED) is 0.760. The minimum Gasteiger partial charge on any atom is -0.383 e. The van der Waals surface area contributed by atoms with Gasteiger partial charge in [-0.1, -0.05) is 0 Å². The van der Waals surface area contributed by atoms with Gasteiger partial charge in [0.25, 0.3) is 5.56 Å². The Labute approximate surface area is 115 Å². The Bertz CT molecular complexity index is 740. The fourth-order valence-electron chi connectivity index (χ4n) is 2.25. The van der Waals surface area contributed by atoms with Crippen molar-refractivity contribution in [1.82, 2.24) is 18.7 Å². The van der Waals surface area contributed by atoms with Gasteiger partial charge in [-0.05, 0) is 6.92 Å². The molecule has 0 saturated heterocycles. The van der Waals surface area contributed by atoms with E-state index in [0.29, 0.717) is 36.7 Å². The normalized spacial score (nSPS) is 11.4. The van der Waals surface area contributed by atoms with Gasteiger partial charge in [0.15, 0.2) is 11.2 Å². The van der Waals surface area contributed by atoms with Crippen LogP contribution in [0.1, 0.15) is 12.7 Å². The maximum absolute atomic E-state index is 12.4. The summed E-state index contributed by atoms with van der Waals surface area (Å²) in [6, 6.07) is 0. The molecular weight excluding hydrogens is 262 g/mol. The Kier molecular flexibility index (Phi) is 4.05. The van der Waals surface area contributed by atoms with Gasteiger partial charge in [-0.2, -0.15) is 0 Å². The van der Waals surface area contributed by atoms with Crippen molar-refractivity contribution >= 4 is 11.2 Å². The van der Waals surface area contributed by atoms with Gasteiger partial charge in [0.05, 0.1) is 19.7 Å². The molecule has 2 aromatic heterocycles. The average Bonchev–Trinajstić information content (AvgIpc) is 2.76. The minimum atomic E-state index is -0.372. The summed E-state index contributed by atoms with van der Waals surface area (Å²) in [5.41, 5.74) is 5.67. The van der Waals surface area contributed by atoms with E-state index in [-0.39, 0.29) is 17.8 Å². The second kappa shape index (κ2) is 5.59. The number of imidazole rings is 1. The summed E-state index contributed by atoms with van der Waals surface area (Å²) in [4.78, 5) is 29.0. The van der Waals surface area contributed by atoms with Crippen LogP contribution in [0, 0.1) is 0 Å². The van der Waals surface area contributed by atoms with E-state index in [1.807, 2.05) is 0 Å². The Morgan fingerprint density at radius 2 is 2.00 bits per heavy atom. The number of aryl methyl sites for hydroxylation is 1. The number of ether oxygens (including phenoxy) is 1. The van der Waals surface area contributed by atoms with Crippen molar-refractivity contribution in [2.75, 3.05) is 13.7 Å². The number of aromatic nitrogens is 4. The van der Waals surface area contributed by atoms with Crippen LogP contribution in [0.25, 0.3) is 11.2 Å². The molecule has 110 valence electrons. The van der Waals surface area contributed by atoms with Crippen LogP contribution in [0.5, 0.6) is 0 Å². The molecule has 2 rings (SSSR count). The number of hydrogen-bond donors (Lipinski definition) is 1. The summed E-state index contributed by atoms with van der Waals surface area (Å²) in [6.45, 7) is 2.98. The average molecular weight is 281 g/mol. The monoisotopic (exact) mass is 281 g/mol. The first kappa shape index (κ1) is 14.5. The first-order valence-electron chi connectivity index (χ1n) is 6.44. The maximum Gasteiger partial charge on any atom is 0.332 e. The third kappa shape index (κ3) is 2.06. The van der Waals surface area contributed by atoms with Crippen molar-refractivity contribution in [3.05, 3.63) is 26.7 Å². The zero-order valence-electron chi connectivity index (χ0n) is 11.9. The molecule has 0 aromatic carbocycles. The van der Waals surface area contributed by atoms with E-state index in [1.54, 1.807) is 25.6 Å². The predicted octanol–water partition coefficient (Wildman–Crippen LogP) is -0.978.